The molecule has 1 aliphatic rings. The highest BCUT2D eigenvalue weighted by Crippen LogP contribution is 2.36. The number of nitrogens with zero attached hydrogens (tertiary/aromatic N) is 8. The molecule has 0 amide bonds. The summed E-state index contributed by atoms with van der Waals surface area (Å²) in [5, 5.41) is 40.1. The number of hydrogen-bond acceptors (Lipinski definition) is 10. The number of rotatable bonds is 7. The predicted molar refractivity (Wildman–Crippen MR) is 134 cm³/mol. The van der Waals surface area contributed by atoms with Gasteiger partial charge in [0.25, 0.3) is 0 Å². The molecule has 1 fully saturated rings. The summed E-state index contributed by atoms with van der Waals surface area (Å²) < 4.78 is 1.47. The van der Waals surface area contributed by atoms with Crippen LogP contribution in [0, 0.1) is 22.7 Å². The van der Waals surface area contributed by atoms with Gasteiger partial charge in [-0.05, 0) is 32.9 Å². The van der Waals surface area contributed by atoms with Crippen LogP contribution in [0.25, 0.3) is 5.65 Å². The molecular formula is C23H27ClN10O. The van der Waals surface area contributed by atoms with Gasteiger partial charge in [0.05, 0.1) is 39.8 Å². The maximum absolute atomic E-state index is 10.1. The van der Waals surface area contributed by atoms with Gasteiger partial charge in [0.2, 0.25) is 11.9 Å². The van der Waals surface area contributed by atoms with E-state index in [0.717, 1.165) is 18.8 Å². The molecule has 0 aliphatic carbocycles. The van der Waals surface area contributed by atoms with Crippen molar-refractivity contribution in [1.82, 2.24) is 24.5 Å². The normalized spacial score (nSPS) is 14.5. The highest BCUT2D eigenvalue weighted by atomic mass is 35.5. The van der Waals surface area contributed by atoms with Crippen molar-refractivity contribution in [1.29, 1.82) is 10.5 Å². The van der Waals surface area contributed by atoms with Gasteiger partial charge in [-0.3, -0.25) is 4.90 Å². The number of hydrogen-bond donors (Lipinski definition) is 3. The van der Waals surface area contributed by atoms with E-state index in [0.29, 0.717) is 59.6 Å². The molecule has 3 N–H and O–H groups in total. The number of nitrogens with one attached hydrogen (secondary N) is 2. The monoisotopic (exact) mass is 494 g/mol. The summed E-state index contributed by atoms with van der Waals surface area (Å²) in [6.07, 6.45) is 1.44. The number of halogens is 1. The van der Waals surface area contributed by atoms with Gasteiger partial charge in [0, 0.05) is 39.3 Å². The van der Waals surface area contributed by atoms with Crippen molar-refractivity contribution in [2.45, 2.75) is 26.4 Å². The van der Waals surface area contributed by atoms with Crippen LogP contribution in [0.15, 0.2) is 18.3 Å². The first-order chi connectivity index (χ1) is 16.7. The summed E-state index contributed by atoms with van der Waals surface area (Å²) in [6, 6.07) is 7.71. The smallest absolute Gasteiger partial charge is 0.232 e. The fraction of sp³-hybridized carbons (Fsp3) is 0.435. The summed E-state index contributed by atoms with van der Waals surface area (Å²) in [7, 11) is 0. The first kappa shape index (κ1) is 24.5. The van der Waals surface area contributed by atoms with Gasteiger partial charge in [0.1, 0.15) is 11.6 Å². The molecule has 0 spiro atoms. The average Bonchev–Trinajstić information content (AvgIpc) is 3.23. The van der Waals surface area contributed by atoms with Gasteiger partial charge in [-0.15, -0.1) is 0 Å². The van der Waals surface area contributed by atoms with Crippen LogP contribution in [0.3, 0.4) is 0 Å². The number of β-amino-alcohol motifs (C(OH)–C–C–N with tert-alkyl or cyclic N) is 1. The number of nitriles is 2. The Balaban J connectivity index is 1.65. The van der Waals surface area contributed by atoms with Crippen molar-refractivity contribution in [3.63, 3.8) is 0 Å². The molecule has 1 aliphatic heterocycles. The van der Waals surface area contributed by atoms with Crippen LogP contribution in [0.1, 0.15) is 31.9 Å². The molecule has 0 unspecified atom stereocenters. The molecule has 2 aromatic heterocycles. The van der Waals surface area contributed by atoms with Crippen LogP contribution < -0.4 is 15.5 Å². The zero-order valence-corrected chi connectivity index (χ0v) is 20.6. The number of anilines is 4. The van der Waals surface area contributed by atoms with Gasteiger partial charge >= 0.3 is 0 Å². The molecule has 0 atom stereocenters. The Labute approximate surface area is 208 Å². The van der Waals surface area contributed by atoms with Gasteiger partial charge in [-0.1, -0.05) is 11.6 Å². The van der Waals surface area contributed by atoms with E-state index in [9.17, 15) is 15.6 Å². The van der Waals surface area contributed by atoms with E-state index >= 15 is 0 Å². The molecular weight excluding hydrogens is 468 g/mol. The van der Waals surface area contributed by atoms with Crippen LogP contribution in [0.5, 0.6) is 0 Å². The molecule has 35 heavy (non-hydrogen) atoms. The maximum atomic E-state index is 10.1. The first-order valence-corrected chi connectivity index (χ1v) is 11.7. The first-order valence-electron chi connectivity index (χ1n) is 11.3. The van der Waals surface area contributed by atoms with E-state index in [1.165, 1.54) is 10.7 Å². The highest BCUT2D eigenvalue weighted by Gasteiger charge is 2.25. The quantitative estimate of drug-likeness (QED) is 0.448. The van der Waals surface area contributed by atoms with E-state index in [1.54, 1.807) is 26.0 Å². The van der Waals surface area contributed by atoms with Crippen LogP contribution in [0.2, 0.25) is 5.02 Å². The zero-order valence-electron chi connectivity index (χ0n) is 19.9. The molecule has 1 saturated heterocycles. The highest BCUT2D eigenvalue weighted by molar-refractivity contribution is 6.36. The van der Waals surface area contributed by atoms with Crippen molar-refractivity contribution < 1.29 is 5.11 Å². The predicted octanol–water partition coefficient (Wildman–Crippen LogP) is 2.59. The molecule has 0 radical (unpaired) electrons. The Morgan fingerprint density at radius 1 is 1.14 bits per heavy atom. The van der Waals surface area contributed by atoms with Crippen molar-refractivity contribution in [2.75, 3.05) is 54.8 Å². The summed E-state index contributed by atoms with van der Waals surface area (Å²) in [6.45, 7) is 9.67. The lowest BCUT2D eigenvalue weighted by atomic mass is 10.1. The lowest BCUT2D eigenvalue weighted by Crippen LogP contribution is -2.50. The number of aliphatic hydroxyl groups is 1. The molecule has 0 saturated carbocycles. The minimum Gasteiger partial charge on any atom is -0.389 e. The maximum Gasteiger partial charge on any atom is 0.232 e. The topological polar surface area (TPSA) is 141 Å². The van der Waals surface area contributed by atoms with E-state index < -0.39 is 5.60 Å². The van der Waals surface area contributed by atoms with Crippen molar-refractivity contribution in [3.05, 3.63) is 34.5 Å². The summed E-state index contributed by atoms with van der Waals surface area (Å²) in [4.78, 5) is 13.3. The van der Waals surface area contributed by atoms with E-state index in [4.69, 9.17) is 11.6 Å². The van der Waals surface area contributed by atoms with Crippen molar-refractivity contribution in [2.24, 2.45) is 0 Å². The zero-order chi connectivity index (χ0) is 25.2. The van der Waals surface area contributed by atoms with Crippen molar-refractivity contribution in [3.8, 4) is 12.1 Å². The van der Waals surface area contributed by atoms with Gasteiger partial charge in [0.15, 0.2) is 5.65 Å². The average molecular weight is 495 g/mol. The van der Waals surface area contributed by atoms with E-state index in [2.05, 4.69) is 47.6 Å². The largest absolute Gasteiger partial charge is 0.389 e. The molecule has 1 aromatic carbocycles. The van der Waals surface area contributed by atoms with Gasteiger partial charge < -0.3 is 20.6 Å². The second-order valence-electron chi connectivity index (χ2n) is 8.98. The lowest BCUT2D eigenvalue weighted by molar-refractivity contribution is 0.0345. The third kappa shape index (κ3) is 5.38. The van der Waals surface area contributed by atoms with Gasteiger partial charge in [-0.25, -0.2) is 0 Å². The second kappa shape index (κ2) is 9.92. The number of aromatic nitrogens is 4. The summed E-state index contributed by atoms with van der Waals surface area (Å²) >= 11 is 6.81. The fourth-order valence-corrected chi connectivity index (χ4v) is 4.37. The van der Waals surface area contributed by atoms with Crippen LogP contribution in [-0.2, 0) is 0 Å². The third-order valence-electron chi connectivity index (χ3n) is 5.58. The Hall–Kier alpha value is -3.64. The third-order valence-corrected chi connectivity index (χ3v) is 5.97. The molecule has 182 valence electrons. The Morgan fingerprint density at radius 2 is 1.89 bits per heavy atom. The van der Waals surface area contributed by atoms with Crippen molar-refractivity contribution >= 4 is 40.5 Å². The summed E-state index contributed by atoms with van der Waals surface area (Å²) in [5.41, 5.74) is 1.59. The minimum atomic E-state index is -0.759. The Morgan fingerprint density at radius 3 is 2.51 bits per heavy atom. The van der Waals surface area contributed by atoms with Crippen LogP contribution in [-0.4, -0.2) is 74.5 Å². The summed E-state index contributed by atoms with van der Waals surface area (Å²) in [5.74, 6) is 0.653. The molecule has 3 aromatic rings. The minimum absolute atomic E-state index is 0.225. The SMILES string of the molecule is CCNc1nc(Nc2cc(C#N)cc(N3CCN(CC(C)(C)O)CC3)c2Cl)nc2c(C#N)cnn12. The molecule has 3 heterocycles. The molecule has 11 nitrogen and oxygen atoms in total. The Kier molecular flexibility index (Phi) is 6.94. The lowest BCUT2D eigenvalue weighted by Gasteiger charge is -2.38. The van der Waals surface area contributed by atoms with E-state index in [-0.39, 0.29) is 5.95 Å². The standard InChI is InChI=1S/C23H27ClN10O/c1-4-27-22-31-21(30-20-16(12-26)13-28-34(20)22)29-17-9-15(11-25)10-18(19(17)24)33-7-5-32(6-8-33)14-23(2,3)35/h9-10,13,35H,4-8,14H2,1-3H3,(H2,27,29,30,31). The molecule has 0 bridgehead atoms. The molecule has 12 heteroatoms. The van der Waals surface area contributed by atoms with Gasteiger partial charge in [-0.2, -0.15) is 30.1 Å². The van der Waals surface area contributed by atoms with Crippen LogP contribution >= 0.6 is 11.6 Å². The van der Waals surface area contributed by atoms with E-state index in [1.807, 2.05) is 6.92 Å². The van der Waals surface area contributed by atoms with Crippen LogP contribution in [0.4, 0.5) is 23.3 Å². The second-order valence-corrected chi connectivity index (χ2v) is 9.35. The number of piperazine rings is 1. The fourth-order valence-electron chi connectivity index (χ4n) is 4.09. The molecule has 4 rings (SSSR count). The number of fused-ring (bicyclic) bond motifs is 1. The number of benzene rings is 1. The Bertz CT molecular complexity index is 1310.